The van der Waals surface area contributed by atoms with Gasteiger partial charge in [0.2, 0.25) is 0 Å². The van der Waals surface area contributed by atoms with E-state index in [0.29, 0.717) is 30.1 Å². The van der Waals surface area contributed by atoms with Crippen LogP contribution in [0.15, 0.2) is 72.8 Å². The molecule has 0 spiro atoms. The van der Waals surface area contributed by atoms with Gasteiger partial charge in [0.05, 0.1) is 0 Å². The van der Waals surface area contributed by atoms with Crippen LogP contribution in [0.1, 0.15) is 57.3 Å². The summed E-state index contributed by atoms with van der Waals surface area (Å²) in [6.07, 6.45) is 0.932. The molecular formula is C31H39NO4. The fourth-order valence-corrected chi connectivity index (χ4v) is 4.94. The number of hydrogen-bond donors (Lipinski definition) is 2. The average Bonchev–Trinajstić information content (AvgIpc) is 3.22. The van der Waals surface area contributed by atoms with Crippen LogP contribution in [-0.4, -0.2) is 40.9 Å². The fraction of sp³-hybridized carbons (Fsp3) is 0.419. The van der Waals surface area contributed by atoms with E-state index in [1.165, 1.54) is 13.1 Å². The van der Waals surface area contributed by atoms with E-state index < -0.39 is 0 Å². The van der Waals surface area contributed by atoms with Crippen LogP contribution in [0.5, 0.6) is 23.0 Å². The van der Waals surface area contributed by atoms with Crippen molar-refractivity contribution in [2.24, 2.45) is 11.8 Å². The molecule has 5 nitrogen and oxygen atoms in total. The molecule has 192 valence electrons. The van der Waals surface area contributed by atoms with Crippen molar-refractivity contribution in [3.8, 4) is 23.0 Å². The van der Waals surface area contributed by atoms with E-state index in [1.54, 1.807) is 30.3 Å². The molecule has 2 N–H and O–H groups in total. The van der Waals surface area contributed by atoms with E-state index in [1.807, 2.05) is 18.2 Å². The van der Waals surface area contributed by atoms with Crippen LogP contribution in [0.4, 0.5) is 0 Å². The number of rotatable bonds is 5. The Labute approximate surface area is 215 Å². The number of benzene rings is 3. The number of nitrogens with zero attached hydrogens (tertiary/aromatic N) is 1. The summed E-state index contributed by atoms with van der Waals surface area (Å²) in [7, 11) is 0. The molecule has 2 heterocycles. The van der Waals surface area contributed by atoms with Crippen LogP contribution in [0.25, 0.3) is 0 Å². The Morgan fingerprint density at radius 1 is 0.889 bits per heavy atom. The topological polar surface area (TPSA) is 62.2 Å². The molecule has 0 aromatic heterocycles. The van der Waals surface area contributed by atoms with Crippen molar-refractivity contribution in [2.75, 3.05) is 19.7 Å². The highest BCUT2D eigenvalue weighted by molar-refractivity contribution is 5.44. The Bertz CT molecular complexity index is 1090. The number of ether oxygens (including phenoxy) is 2. The number of hydrogen-bond acceptors (Lipinski definition) is 5. The predicted octanol–water partition coefficient (Wildman–Crippen LogP) is 6.77. The van der Waals surface area contributed by atoms with E-state index in [0.717, 1.165) is 40.9 Å². The maximum atomic E-state index is 9.73. The van der Waals surface area contributed by atoms with Crippen LogP contribution < -0.4 is 9.47 Å². The van der Waals surface area contributed by atoms with Crippen LogP contribution in [0, 0.1) is 11.8 Å². The Balaban J connectivity index is 0.000000375. The first-order valence-corrected chi connectivity index (χ1v) is 13.0. The van der Waals surface area contributed by atoms with Crippen LogP contribution >= 0.6 is 0 Å². The lowest BCUT2D eigenvalue weighted by molar-refractivity contribution is 0.162. The number of aromatic hydroxyl groups is 2. The lowest BCUT2D eigenvalue weighted by atomic mass is 9.89. The predicted molar refractivity (Wildman–Crippen MR) is 144 cm³/mol. The highest BCUT2D eigenvalue weighted by atomic mass is 16.5. The van der Waals surface area contributed by atoms with Crippen molar-refractivity contribution in [3.05, 3.63) is 83.9 Å². The molecule has 1 fully saturated rings. The normalized spacial score (nSPS) is 24.1. The minimum Gasteiger partial charge on any atom is -0.508 e. The van der Waals surface area contributed by atoms with Gasteiger partial charge < -0.3 is 19.7 Å². The molecule has 2 aliphatic rings. The van der Waals surface area contributed by atoms with E-state index in [9.17, 15) is 5.11 Å². The number of phenols is 2. The average molecular weight is 490 g/mol. The summed E-state index contributed by atoms with van der Waals surface area (Å²) in [5.41, 5.74) is 2.25. The minimum atomic E-state index is 0.0302. The van der Waals surface area contributed by atoms with Crippen molar-refractivity contribution >= 4 is 0 Å². The quantitative estimate of drug-likeness (QED) is 0.414. The first-order valence-electron chi connectivity index (χ1n) is 13.0. The SMILES string of the molecule is C[C@@H]1CN([C@@H](C)COc2ccc([C@H]3C[C@H](C)c4cc(O)ccc4O3)cc2)C[C@@H]1C.Oc1ccccc1. The Kier molecular flexibility index (Phi) is 8.42. The second-order valence-corrected chi connectivity index (χ2v) is 10.4. The summed E-state index contributed by atoms with van der Waals surface area (Å²) in [5, 5.41) is 18.4. The highest BCUT2D eigenvalue weighted by Crippen LogP contribution is 2.43. The maximum Gasteiger partial charge on any atom is 0.124 e. The standard InChI is InChI=1S/C25H33NO3.C6H6O/c1-16-11-25(29-24-10-7-21(27)12-23(16)24)20-5-8-22(9-6-20)28-15-19(4)26-13-17(2)18(3)14-26;7-6-4-2-1-3-5-6/h5-10,12,16-19,25,27H,11,13-15H2,1-4H3;1-5,7H/t16-,17-,18+,19-,25+;/m0./s1. The summed E-state index contributed by atoms with van der Waals surface area (Å²) in [4.78, 5) is 2.54. The monoisotopic (exact) mass is 489 g/mol. The summed E-state index contributed by atoms with van der Waals surface area (Å²) in [6.45, 7) is 12.2. The molecule has 0 amide bonds. The number of phenolic OH excluding ortho intramolecular Hbond substituents is 2. The summed E-state index contributed by atoms with van der Waals surface area (Å²) in [6, 6.07) is 22.8. The Morgan fingerprint density at radius 2 is 1.56 bits per heavy atom. The molecule has 0 unspecified atom stereocenters. The van der Waals surface area contributed by atoms with Gasteiger partial charge in [-0.1, -0.05) is 51.1 Å². The molecule has 1 saturated heterocycles. The second-order valence-electron chi connectivity index (χ2n) is 10.4. The zero-order chi connectivity index (χ0) is 25.7. The van der Waals surface area contributed by atoms with Crippen LogP contribution in [0.3, 0.4) is 0 Å². The molecular weight excluding hydrogens is 450 g/mol. The van der Waals surface area contributed by atoms with Crippen molar-refractivity contribution in [1.29, 1.82) is 0 Å². The molecule has 0 saturated carbocycles. The highest BCUT2D eigenvalue weighted by Gasteiger charge is 2.29. The third-order valence-electron chi connectivity index (χ3n) is 7.50. The maximum absolute atomic E-state index is 9.73. The molecule has 0 radical (unpaired) electrons. The molecule has 36 heavy (non-hydrogen) atoms. The smallest absolute Gasteiger partial charge is 0.124 e. The zero-order valence-corrected chi connectivity index (χ0v) is 21.8. The van der Waals surface area contributed by atoms with E-state index in [2.05, 4.69) is 56.9 Å². The first-order chi connectivity index (χ1) is 17.3. The van der Waals surface area contributed by atoms with Crippen molar-refractivity contribution in [2.45, 2.75) is 52.2 Å². The largest absolute Gasteiger partial charge is 0.508 e. The Hall–Kier alpha value is -3.18. The van der Waals surface area contributed by atoms with Gasteiger partial charge in [0.1, 0.15) is 35.7 Å². The Morgan fingerprint density at radius 3 is 2.17 bits per heavy atom. The number of likely N-dealkylation sites (tertiary alicyclic amines) is 1. The van der Waals surface area contributed by atoms with E-state index >= 15 is 0 Å². The van der Waals surface area contributed by atoms with Gasteiger partial charge in [-0.25, -0.2) is 0 Å². The molecule has 5 rings (SSSR count). The number of fused-ring (bicyclic) bond motifs is 1. The lowest BCUT2D eigenvalue weighted by Gasteiger charge is -2.31. The molecule has 5 atom stereocenters. The molecule has 0 aliphatic carbocycles. The molecule has 3 aromatic rings. The molecule has 3 aromatic carbocycles. The van der Waals surface area contributed by atoms with Gasteiger partial charge in [-0.3, -0.25) is 4.90 Å². The van der Waals surface area contributed by atoms with Gasteiger partial charge in [-0.2, -0.15) is 0 Å². The minimum absolute atomic E-state index is 0.0302. The fourth-order valence-electron chi connectivity index (χ4n) is 4.94. The third kappa shape index (κ3) is 6.52. The molecule has 2 aliphatic heterocycles. The van der Waals surface area contributed by atoms with E-state index in [4.69, 9.17) is 14.6 Å². The number of para-hydroxylation sites is 1. The summed E-state index contributed by atoms with van der Waals surface area (Å²) >= 11 is 0. The van der Waals surface area contributed by atoms with E-state index in [-0.39, 0.29) is 6.10 Å². The summed E-state index contributed by atoms with van der Waals surface area (Å²) < 4.78 is 12.3. The second kappa shape index (κ2) is 11.7. The molecule has 0 bridgehead atoms. The van der Waals surface area contributed by atoms with Crippen molar-refractivity contribution < 1.29 is 19.7 Å². The lowest BCUT2D eigenvalue weighted by Crippen LogP contribution is -2.35. The van der Waals surface area contributed by atoms with Gasteiger partial charge >= 0.3 is 0 Å². The van der Waals surface area contributed by atoms with Gasteiger partial charge in [-0.05, 0) is 79.1 Å². The first kappa shape index (κ1) is 25.9. The van der Waals surface area contributed by atoms with Crippen molar-refractivity contribution in [1.82, 2.24) is 4.90 Å². The van der Waals surface area contributed by atoms with Gasteiger partial charge in [0, 0.05) is 24.7 Å². The van der Waals surface area contributed by atoms with Gasteiger partial charge in [0.25, 0.3) is 0 Å². The molecule has 5 heteroatoms. The third-order valence-corrected chi connectivity index (χ3v) is 7.50. The van der Waals surface area contributed by atoms with Crippen LogP contribution in [0.2, 0.25) is 0 Å². The van der Waals surface area contributed by atoms with Gasteiger partial charge in [-0.15, -0.1) is 0 Å². The van der Waals surface area contributed by atoms with Crippen LogP contribution in [-0.2, 0) is 0 Å². The summed E-state index contributed by atoms with van der Waals surface area (Å²) in [5.74, 6) is 4.28. The van der Waals surface area contributed by atoms with Crippen molar-refractivity contribution in [3.63, 3.8) is 0 Å². The zero-order valence-electron chi connectivity index (χ0n) is 21.8. The van der Waals surface area contributed by atoms with Gasteiger partial charge in [0.15, 0.2) is 0 Å².